The van der Waals surface area contributed by atoms with E-state index in [1.807, 2.05) is 13.8 Å². The zero-order chi connectivity index (χ0) is 13.8. The lowest BCUT2D eigenvalue weighted by atomic mass is 9.89. The number of hydrogen-bond donors (Lipinski definition) is 1. The summed E-state index contributed by atoms with van der Waals surface area (Å²) in [4.78, 5) is 4.12. The highest BCUT2D eigenvalue weighted by molar-refractivity contribution is 6.00. The molecule has 6 heteroatoms. The molecule has 0 spiro atoms. The minimum atomic E-state index is -1.49. The van der Waals surface area contributed by atoms with Crippen molar-refractivity contribution in [3.8, 4) is 12.1 Å². The number of nitrogens with two attached hydrogens (primary N) is 1. The molecule has 0 unspecified atom stereocenters. The molecule has 3 atom stereocenters. The average Bonchev–Trinajstić information content (AvgIpc) is 2.80. The zero-order valence-electron chi connectivity index (χ0n) is 10.9. The normalized spacial score (nSPS) is 43.6. The molecular formula is C12H16N4O2. The molecule has 0 amide bonds. The van der Waals surface area contributed by atoms with Gasteiger partial charge in [0.1, 0.15) is 11.3 Å². The molecule has 0 aromatic rings. The quantitative estimate of drug-likeness (QED) is 0.742. The molecule has 0 saturated heterocycles. The Morgan fingerprint density at radius 3 is 2.11 bits per heavy atom. The summed E-state index contributed by atoms with van der Waals surface area (Å²) in [5.41, 5.74) is 2.98. The molecule has 2 rings (SSSR count). The van der Waals surface area contributed by atoms with E-state index >= 15 is 0 Å². The van der Waals surface area contributed by atoms with Gasteiger partial charge in [-0.1, -0.05) is 13.8 Å². The first kappa shape index (κ1) is 12.8. The van der Waals surface area contributed by atoms with Crippen molar-refractivity contribution in [1.82, 2.24) is 0 Å². The molecule has 1 heterocycles. The molecular weight excluding hydrogens is 232 g/mol. The monoisotopic (exact) mass is 248 g/mol. The van der Waals surface area contributed by atoms with E-state index in [2.05, 4.69) is 17.1 Å². The lowest BCUT2D eigenvalue weighted by Gasteiger charge is -2.31. The van der Waals surface area contributed by atoms with E-state index in [0.29, 0.717) is 6.42 Å². The Morgan fingerprint density at radius 1 is 1.28 bits per heavy atom. The minimum absolute atomic E-state index is 0.125. The predicted molar refractivity (Wildman–Crippen MR) is 62.9 cm³/mol. The van der Waals surface area contributed by atoms with Gasteiger partial charge in [-0.25, -0.2) is 4.99 Å². The lowest BCUT2D eigenvalue weighted by molar-refractivity contribution is -0.236. The maximum absolute atomic E-state index is 9.66. The van der Waals surface area contributed by atoms with Crippen molar-refractivity contribution in [2.24, 2.45) is 27.0 Å². The number of nitrogens with zero attached hydrogens (tertiary/aromatic N) is 3. The maximum atomic E-state index is 9.66. The standard InChI is InChI=1S/C12H16N4O2/c1-5-9(2)10(6-13)8(15)16-12(17-3,18-4)11(9,10)7-14/h5H2,1-4H3,(H2,15,16)/t9-,10+,11-/m1/s1. The van der Waals surface area contributed by atoms with Crippen LogP contribution in [0, 0.1) is 38.9 Å². The highest BCUT2D eigenvalue weighted by Gasteiger charge is 2.98. The maximum Gasteiger partial charge on any atom is 0.292 e. The number of ether oxygens (including phenoxy) is 2. The molecule has 18 heavy (non-hydrogen) atoms. The van der Waals surface area contributed by atoms with Crippen LogP contribution in [-0.2, 0) is 9.47 Å². The van der Waals surface area contributed by atoms with E-state index in [1.54, 1.807) is 0 Å². The van der Waals surface area contributed by atoms with E-state index in [-0.39, 0.29) is 5.84 Å². The molecule has 2 aliphatic rings. The van der Waals surface area contributed by atoms with Gasteiger partial charge in [0.25, 0.3) is 5.91 Å². The lowest BCUT2D eigenvalue weighted by Crippen LogP contribution is -2.43. The molecule has 0 bridgehead atoms. The van der Waals surface area contributed by atoms with Crippen molar-refractivity contribution in [3.63, 3.8) is 0 Å². The van der Waals surface area contributed by atoms with E-state index in [1.165, 1.54) is 14.2 Å². The fourth-order valence-corrected chi connectivity index (χ4v) is 3.72. The first-order chi connectivity index (χ1) is 8.43. The van der Waals surface area contributed by atoms with E-state index in [9.17, 15) is 10.5 Å². The summed E-state index contributed by atoms with van der Waals surface area (Å²) in [6.45, 7) is 3.77. The van der Waals surface area contributed by atoms with Crippen molar-refractivity contribution in [1.29, 1.82) is 10.5 Å². The number of rotatable bonds is 3. The molecule has 1 saturated carbocycles. The summed E-state index contributed by atoms with van der Waals surface area (Å²) in [6.07, 6.45) is 0.610. The van der Waals surface area contributed by atoms with Gasteiger partial charge in [-0.3, -0.25) is 0 Å². The Labute approximate surface area is 106 Å². The van der Waals surface area contributed by atoms with Crippen LogP contribution in [0.15, 0.2) is 4.99 Å². The van der Waals surface area contributed by atoms with Crippen molar-refractivity contribution >= 4 is 5.84 Å². The van der Waals surface area contributed by atoms with Crippen LogP contribution in [0.5, 0.6) is 0 Å². The average molecular weight is 248 g/mol. The Hall–Kier alpha value is -1.63. The van der Waals surface area contributed by atoms with E-state index in [4.69, 9.17) is 15.2 Å². The third-order valence-corrected chi connectivity index (χ3v) is 4.88. The number of methoxy groups -OCH3 is 2. The second-order valence-electron chi connectivity index (χ2n) is 4.90. The van der Waals surface area contributed by atoms with Gasteiger partial charge in [-0.2, -0.15) is 10.5 Å². The predicted octanol–water partition coefficient (Wildman–Crippen LogP) is 0.754. The van der Waals surface area contributed by atoms with Gasteiger partial charge < -0.3 is 15.2 Å². The van der Waals surface area contributed by atoms with Crippen LogP contribution in [0.1, 0.15) is 20.3 Å². The third kappa shape index (κ3) is 0.754. The van der Waals surface area contributed by atoms with Crippen molar-refractivity contribution in [2.45, 2.75) is 26.2 Å². The van der Waals surface area contributed by atoms with Gasteiger partial charge >= 0.3 is 0 Å². The molecule has 2 N–H and O–H groups in total. The summed E-state index contributed by atoms with van der Waals surface area (Å²) >= 11 is 0. The number of fused-ring (bicyclic) bond motifs is 1. The molecule has 1 aliphatic carbocycles. The summed E-state index contributed by atoms with van der Waals surface area (Å²) in [7, 11) is 2.81. The molecule has 0 aromatic carbocycles. The van der Waals surface area contributed by atoms with Gasteiger partial charge in [0.15, 0.2) is 5.41 Å². The first-order valence-electron chi connectivity index (χ1n) is 5.72. The molecule has 1 aliphatic heterocycles. The smallest absolute Gasteiger partial charge is 0.292 e. The Morgan fingerprint density at radius 2 is 1.83 bits per heavy atom. The minimum Gasteiger partial charge on any atom is -0.386 e. The zero-order valence-corrected chi connectivity index (χ0v) is 10.9. The van der Waals surface area contributed by atoms with Crippen LogP contribution in [0.3, 0.4) is 0 Å². The van der Waals surface area contributed by atoms with Crippen LogP contribution in [0.25, 0.3) is 0 Å². The fourth-order valence-electron chi connectivity index (χ4n) is 3.72. The summed E-state index contributed by atoms with van der Waals surface area (Å²) in [6, 6.07) is 4.39. The Bertz CT molecular complexity index is 513. The second-order valence-corrected chi connectivity index (χ2v) is 4.90. The van der Waals surface area contributed by atoms with Gasteiger partial charge in [-0.15, -0.1) is 0 Å². The number of hydrogen-bond acceptors (Lipinski definition) is 6. The molecule has 0 radical (unpaired) electrons. The highest BCUT2D eigenvalue weighted by atomic mass is 16.7. The summed E-state index contributed by atoms with van der Waals surface area (Å²) < 4.78 is 10.7. The van der Waals surface area contributed by atoms with Gasteiger partial charge in [0, 0.05) is 19.6 Å². The Kier molecular flexibility index (Phi) is 2.30. The highest BCUT2D eigenvalue weighted by Crippen LogP contribution is 2.86. The SMILES string of the molecule is CC[C@]1(C)[C@]2(C#N)C(N)=NC(OC)(OC)[C@]12C#N. The van der Waals surface area contributed by atoms with Crippen molar-refractivity contribution in [3.05, 3.63) is 0 Å². The summed E-state index contributed by atoms with van der Waals surface area (Å²) in [5.74, 6) is -1.37. The molecule has 1 fully saturated rings. The van der Waals surface area contributed by atoms with Gasteiger partial charge in [0.05, 0.1) is 12.1 Å². The van der Waals surface area contributed by atoms with Crippen LogP contribution in [0.2, 0.25) is 0 Å². The van der Waals surface area contributed by atoms with Gasteiger partial charge in [-0.05, 0) is 6.42 Å². The van der Waals surface area contributed by atoms with E-state index in [0.717, 1.165) is 0 Å². The van der Waals surface area contributed by atoms with Crippen LogP contribution < -0.4 is 5.73 Å². The number of amidine groups is 1. The first-order valence-corrected chi connectivity index (χ1v) is 5.72. The molecule has 6 nitrogen and oxygen atoms in total. The van der Waals surface area contributed by atoms with Crippen LogP contribution in [-0.4, -0.2) is 26.0 Å². The number of aliphatic imine (C=N–C) groups is 1. The number of nitriles is 2. The van der Waals surface area contributed by atoms with Crippen molar-refractivity contribution in [2.75, 3.05) is 14.2 Å². The third-order valence-electron chi connectivity index (χ3n) is 4.88. The van der Waals surface area contributed by atoms with E-state index < -0.39 is 22.2 Å². The van der Waals surface area contributed by atoms with Gasteiger partial charge in [0.2, 0.25) is 0 Å². The largest absolute Gasteiger partial charge is 0.386 e. The molecule has 0 aromatic heterocycles. The fraction of sp³-hybridized carbons (Fsp3) is 0.750. The molecule has 96 valence electrons. The van der Waals surface area contributed by atoms with Crippen molar-refractivity contribution < 1.29 is 9.47 Å². The second kappa shape index (κ2) is 3.23. The summed E-state index contributed by atoms with van der Waals surface area (Å²) in [5, 5.41) is 19.2. The topological polar surface area (TPSA) is 104 Å². The Balaban J connectivity index is 2.77. The van der Waals surface area contributed by atoms with Crippen LogP contribution in [0.4, 0.5) is 0 Å². The van der Waals surface area contributed by atoms with Crippen LogP contribution >= 0.6 is 0 Å².